The molecule has 0 saturated carbocycles. The summed E-state index contributed by atoms with van der Waals surface area (Å²) < 4.78 is 0. The number of allylic oxidation sites excluding steroid dienone is 1. The fraction of sp³-hybridized carbons (Fsp3) is 0.333. The van der Waals surface area contributed by atoms with Crippen LogP contribution in [-0.4, -0.2) is 28.7 Å². The lowest BCUT2D eigenvalue weighted by Gasteiger charge is -2.36. The molecular weight excluding hydrogens is 286 g/mol. The second kappa shape index (κ2) is 5.25. The van der Waals surface area contributed by atoms with Gasteiger partial charge in [0.25, 0.3) is 5.69 Å². The van der Waals surface area contributed by atoms with Crippen LogP contribution >= 0.6 is 0 Å². The van der Waals surface area contributed by atoms with Crippen LogP contribution in [0.1, 0.15) is 30.9 Å². The Labute approximate surface area is 126 Å². The number of nitro groups is 1. The van der Waals surface area contributed by atoms with Gasteiger partial charge in [-0.25, -0.2) is 4.79 Å². The molecule has 2 amide bonds. The van der Waals surface area contributed by atoms with Crippen LogP contribution in [0.4, 0.5) is 10.5 Å². The highest BCUT2D eigenvalue weighted by Gasteiger charge is 2.39. The van der Waals surface area contributed by atoms with E-state index >= 15 is 0 Å². The van der Waals surface area contributed by atoms with Gasteiger partial charge in [-0.2, -0.15) is 0 Å². The highest BCUT2D eigenvalue weighted by molar-refractivity contribution is 6.01. The maximum absolute atomic E-state index is 12.3. The van der Waals surface area contributed by atoms with Crippen LogP contribution in [0.15, 0.2) is 35.5 Å². The Morgan fingerprint density at radius 1 is 1.27 bits per heavy atom. The van der Waals surface area contributed by atoms with Crippen molar-refractivity contribution in [3.05, 3.63) is 51.2 Å². The lowest BCUT2D eigenvalue weighted by atomic mass is 9.84. The lowest BCUT2D eigenvalue weighted by molar-refractivity contribution is -0.385. The first-order valence-corrected chi connectivity index (χ1v) is 7.04. The molecule has 0 unspecified atom stereocenters. The normalized spacial score (nSPS) is 21.5. The zero-order valence-electron chi connectivity index (χ0n) is 12.0. The number of nitrogens with zero attached hydrogens (tertiary/aromatic N) is 2. The predicted molar refractivity (Wildman–Crippen MR) is 78.0 cm³/mol. The van der Waals surface area contributed by atoms with Gasteiger partial charge in [-0.1, -0.05) is 12.1 Å². The zero-order chi connectivity index (χ0) is 15.9. The van der Waals surface area contributed by atoms with Crippen LogP contribution in [0, 0.1) is 10.1 Å². The molecule has 2 aliphatic rings. The molecule has 1 aromatic rings. The van der Waals surface area contributed by atoms with Crippen LogP contribution < -0.4 is 5.32 Å². The first kappa shape index (κ1) is 14.2. The average molecular weight is 301 g/mol. The molecule has 0 fully saturated rings. The molecule has 0 bridgehead atoms. The Morgan fingerprint density at radius 3 is 2.73 bits per heavy atom. The number of nitrogens with one attached hydrogen (secondary N) is 1. The quantitative estimate of drug-likeness (QED) is 0.670. The Kier molecular flexibility index (Phi) is 3.40. The summed E-state index contributed by atoms with van der Waals surface area (Å²) in [6.45, 7) is 0. The van der Waals surface area contributed by atoms with Crippen molar-refractivity contribution in [2.24, 2.45) is 0 Å². The monoisotopic (exact) mass is 301 g/mol. The smallest absolute Gasteiger partial charge is 0.322 e. The molecule has 1 aliphatic heterocycles. The number of hydrogen-bond donors (Lipinski definition) is 1. The summed E-state index contributed by atoms with van der Waals surface area (Å²) >= 11 is 0. The number of carbonyl (C=O) groups is 2. The van der Waals surface area contributed by atoms with E-state index in [-0.39, 0.29) is 17.5 Å². The molecule has 114 valence electrons. The Hall–Kier alpha value is -2.70. The van der Waals surface area contributed by atoms with Crippen molar-refractivity contribution < 1.29 is 14.5 Å². The minimum absolute atomic E-state index is 0.0590. The first-order chi connectivity index (χ1) is 10.5. The fourth-order valence-corrected chi connectivity index (χ4v) is 3.07. The van der Waals surface area contributed by atoms with Gasteiger partial charge in [0.2, 0.25) is 0 Å². The van der Waals surface area contributed by atoms with Crippen molar-refractivity contribution in [3.8, 4) is 0 Å². The van der Waals surface area contributed by atoms with Crippen molar-refractivity contribution in [1.29, 1.82) is 0 Å². The number of amides is 2. The third kappa shape index (κ3) is 2.14. The van der Waals surface area contributed by atoms with E-state index in [9.17, 15) is 19.7 Å². The van der Waals surface area contributed by atoms with E-state index in [1.165, 1.54) is 11.0 Å². The van der Waals surface area contributed by atoms with E-state index in [2.05, 4.69) is 5.32 Å². The standard InChI is InChI=1S/C15H15N3O4/c1-17-11-7-4-8-12(19)13(11)14(16-15(17)20)9-5-2-3-6-10(9)18(21)22/h2-3,5-6,14H,4,7-8H2,1H3,(H,16,20)/t14-/m0/s1. The number of hydrogen-bond acceptors (Lipinski definition) is 4. The molecule has 1 aromatic carbocycles. The molecule has 7 heteroatoms. The van der Waals surface area contributed by atoms with Crippen molar-refractivity contribution in [2.75, 3.05) is 7.05 Å². The van der Waals surface area contributed by atoms with Crippen molar-refractivity contribution in [3.63, 3.8) is 0 Å². The second-order valence-electron chi connectivity index (χ2n) is 5.39. The van der Waals surface area contributed by atoms with Crippen molar-refractivity contribution >= 4 is 17.5 Å². The van der Waals surface area contributed by atoms with E-state index < -0.39 is 11.0 Å². The first-order valence-electron chi connectivity index (χ1n) is 7.04. The molecule has 1 heterocycles. The largest absolute Gasteiger partial charge is 0.326 e. The molecule has 7 nitrogen and oxygen atoms in total. The highest BCUT2D eigenvalue weighted by Crippen LogP contribution is 2.39. The molecule has 0 aromatic heterocycles. The summed E-state index contributed by atoms with van der Waals surface area (Å²) in [5, 5.41) is 13.9. The average Bonchev–Trinajstić information content (AvgIpc) is 2.51. The molecule has 0 saturated heterocycles. The number of Topliss-reactive ketones (excluding diaryl/α,β-unsaturated/α-hetero) is 1. The summed E-state index contributed by atoms with van der Waals surface area (Å²) in [7, 11) is 1.61. The van der Waals surface area contributed by atoms with E-state index in [4.69, 9.17) is 0 Å². The molecule has 22 heavy (non-hydrogen) atoms. The van der Waals surface area contributed by atoms with Crippen molar-refractivity contribution in [2.45, 2.75) is 25.3 Å². The molecule has 0 radical (unpaired) electrons. The lowest BCUT2D eigenvalue weighted by Crippen LogP contribution is -2.47. The number of nitro benzene ring substituents is 1. The number of benzene rings is 1. The van der Waals surface area contributed by atoms with Crippen LogP contribution in [0.2, 0.25) is 0 Å². The number of urea groups is 1. The van der Waals surface area contributed by atoms with Gasteiger partial charge in [0.1, 0.15) is 0 Å². The minimum Gasteiger partial charge on any atom is -0.326 e. The van der Waals surface area contributed by atoms with Crippen LogP contribution in [-0.2, 0) is 4.79 Å². The molecular formula is C15H15N3O4. The number of rotatable bonds is 2. The number of ketones is 1. The van der Waals surface area contributed by atoms with Gasteiger partial charge in [-0.3, -0.25) is 14.9 Å². The summed E-state index contributed by atoms with van der Waals surface area (Å²) in [6.07, 6.45) is 1.72. The Bertz CT molecular complexity index is 710. The summed E-state index contributed by atoms with van der Waals surface area (Å²) in [6, 6.07) is 5.09. The van der Waals surface area contributed by atoms with Gasteiger partial charge in [-0.15, -0.1) is 0 Å². The molecule has 0 spiro atoms. The van der Waals surface area contributed by atoms with Gasteiger partial charge in [-0.05, 0) is 18.9 Å². The zero-order valence-corrected chi connectivity index (χ0v) is 12.0. The summed E-state index contributed by atoms with van der Waals surface area (Å²) in [5.41, 5.74) is 1.39. The maximum atomic E-state index is 12.3. The SMILES string of the molecule is CN1C(=O)N[C@@H](c2ccccc2[N+](=O)[O-])C2=C1CCCC2=O. The molecule has 1 atom stereocenters. The summed E-state index contributed by atoms with van der Waals surface area (Å²) in [5.74, 6) is -0.0590. The van der Waals surface area contributed by atoms with Gasteiger partial charge >= 0.3 is 6.03 Å². The Morgan fingerprint density at radius 2 is 2.00 bits per heavy atom. The van der Waals surface area contributed by atoms with E-state index in [0.717, 1.165) is 0 Å². The highest BCUT2D eigenvalue weighted by atomic mass is 16.6. The van der Waals surface area contributed by atoms with Crippen LogP contribution in [0.3, 0.4) is 0 Å². The van der Waals surface area contributed by atoms with Gasteiger partial charge in [0.15, 0.2) is 5.78 Å². The third-order valence-electron chi connectivity index (χ3n) is 4.14. The van der Waals surface area contributed by atoms with Crippen molar-refractivity contribution in [1.82, 2.24) is 10.2 Å². The fourth-order valence-electron chi connectivity index (χ4n) is 3.07. The van der Waals surface area contributed by atoms with E-state index in [0.29, 0.717) is 36.1 Å². The van der Waals surface area contributed by atoms with Gasteiger partial charge in [0.05, 0.1) is 16.5 Å². The molecule has 3 rings (SSSR count). The van der Waals surface area contributed by atoms with E-state index in [1.54, 1.807) is 25.2 Å². The molecule has 1 aliphatic carbocycles. The van der Waals surface area contributed by atoms with Gasteiger partial charge < -0.3 is 10.2 Å². The second-order valence-corrected chi connectivity index (χ2v) is 5.39. The number of para-hydroxylation sites is 1. The van der Waals surface area contributed by atoms with Gasteiger partial charge in [0, 0.05) is 30.8 Å². The van der Waals surface area contributed by atoms with E-state index in [1.807, 2.05) is 0 Å². The minimum atomic E-state index is -0.756. The predicted octanol–water partition coefficient (Wildman–Crippen LogP) is 2.30. The number of carbonyl (C=O) groups excluding carboxylic acids is 2. The Balaban J connectivity index is 2.18. The summed E-state index contributed by atoms with van der Waals surface area (Å²) in [4.78, 5) is 36.6. The van der Waals surface area contributed by atoms with Crippen LogP contribution in [0.5, 0.6) is 0 Å². The molecule has 1 N–H and O–H groups in total. The maximum Gasteiger partial charge on any atom is 0.322 e. The third-order valence-corrected chi connectivity index (χ3v) is 4.14. The topological polar surface area (TPSA) is 92.6 Å². The van der Waals surface area contributed by atoms with Crippen LogP contribution in [0.25, 0.3) is 0 Å².